The smallest absolute Gasteiger partial charge is 0.0639 e. The molecule has 0 fully saturated rings. The molecule has 1 atom stereocenters. The Hall–Kier alpha value is -0.240. The highest BCUT2D eigenvalue weighted by Crippen LogP contribution is 2.29. The molecule has 0 aliphatic rings. The third-order valence-corrected chi connectivity index (χ3v) is 3.11. The Morgan fingerprint density at radius 2 is 1.87 bits per heavy atom. The highest BCUT2D eigenvalue weighted by atomic mass is 35.5. The lowest BCUT2D eigenvalue weighted by Crippen LogP contribution is -2.23. The molecule has 0 aliphatic heterocycles. The summed E-state index contributed by atoms with van der Waals surface area (Å²) in [5.41, 5.74) is 1.06. The topological polar surface area (TPSA) is 12.0 Å². The van der Waals surface area contributed by atoms with Gasteiger partial charge in [0.1, 0.15) is 0 Å². The zero-order valence-corrected chi connectivity index (χ0v) is 10.9. The molecular formula is C12H17Cl2N. The van der Waals surface area contributed by atoms with Crippen molar-refractivity contribution in [1.82, 2.24) is 5.32 Å². The van der Waals surface area contributed by atoms with Gasteiger partial charge in [0.25, 0.3) is 0 Å². The van der Waals surface area contributed by atoms with E-state index >= 15 is 0 Å². The summed E-state index contributed by atoms with van der Waals surface area (Å²) in [7, 11) is 0. The van der Waals surface area contributed by atoms with Gasteiger partial charge in [-0.1, -0.05) is 49.2 Å². The van der Waals surface area contributed by atoms with Crippen molar-refractivity contribution in [2.75, 3.05) is 6.54 Å². The average Bonchev–Trinajstić information content (AvgIpc) is 2.18. The Kier molecular flexibility index (Phi) is 4.91. The highest BCUT2D eigenvalue weighted by Gasteiger charge is 2.11. The molecule has 0 saturated heterocycles. The predicted octanol–water partition coefficient (Wildman–Crippen LogP) is 4.30. The van der Waals surface area contributed by atoms with Crippen molar-refractivity contribution in [1.29, 1.82) is 0 Å². The second kappa shape index (κ2) is 5.74. The molecule has 15 heavy (non-hydrogen) atoms. The molecule has 0 aliphatic carbocycles. The maximum absolute atomic E-state index is 6.13. The Balaban J connectivity index is 2.73. The lowest BCUT2D eigenvalue weighted by atomic mass is 10.1. The Bertz CT molecular complexity index is 323. The average molecular weight is 246 g/mol. The van der Waals surface area contributed by atoms with Gasteiger partial charge in [-0.05, 0) is 31.0 Å². The summed E-state index contributed by atoms with van der Waals surface area (Å²) >= 11 is 12.1. The van der Waals surface area contributed by atoms with Crippen LogP contribution in [0.3, 0.4) is 0 Å². The monoisotopic (exact) mass is 245 g/mol. The summed E-state index contributed by atoms with van der Waals surface area (Å²) in [6.07, 6.45) is 0. The van der Waals surface area contributed by atoms with Crippen LogP contribution in [-0.4, -0.2) is 6.54 Å². The van der Waals surface area contributed by atoms with Gasteiger partial charge in [-0.25, -0.2) is 0 Å². The fraction of sp³-hybridized carbons (Fsp3) is 0.500. The van der Waals surface area contributed by atoms with Gasteiger partial charge >= 0.3 is 0 Å². The van der Waals surface area contributed by atoms with Crippen LogP contribution in [0.4, 0.5) is 0 Å². The number of halogens is 2. The molecule has 0 spiro atoms. The third-order valence-electron chi connectivity index (χ3n) is 2.28. The van der Waals surface area contributed by atoms with Crippen molar-refractivity contribution in [2.24, 2.45) is 5.92 Å². The summed E-state index contributed by atoms with van der Waals surface area (Å²) in [6.45, 7) is 7.43. The minimum absolute atomic E-state index is 0.235. The van der Waals surface area contributed by atoms with E-state index in [-0.39, 0.29) is 6.04 Å². The van der Waals surface area contributed by atoms with E-state index in [9.17, 15) is 0 Å². The first kappa shape index (κ1) is 12.8. The molecule has 1 rings (SSSR count). The van der Waals surface area contributed by atoms with E-state index in [0.717, 1.165) is 12.1 Å². The van der Waals surface area contributed by atoms with Crippen LogP contribution in [0.25, 0.3) is 0 Å². The van der Waals surface area contributed by atoms with Gasteiger partial charge in [0, 0.05) is 6.04 Å². The summed E-state index contributed by atoms with van der Waals surface area (Å²) in [5.74, 6) is 0.630. The first-order valence-corrected chi connectivity index (χ1v) is 5.95. The normalized spacial score (nSPS) is 13.2. The zero-order valence-electron chi connectivity index (χ0n) is 9.35. The van der Waals surface area contributed by atoms with Crippen molar-refractivity contribution < 1.29 is 0 Å². The van der Waals surface area contributed by atoms with E-state index < -0.39 is 0 Å². The first-order chi connectivity index (χ1) is 7.02. The van der Waals surface area contributed by atoms with Gasteiger partial charge in [-0.3, -0.25) is 0 Å². The largest absolute Gasteiger partial charge is 0.310 e. The van der Waals surface area contributed by atoms with Gasteiger partial charge in [-0.2, -0.15) is 0 Å². The molecule has 0 bridgehead atoms. The molecular weight excluding hydrogens is 229 g/mol. The molecule has 3 heteroatoms. The Morgan fingerprint density at radius 3 is 2.47 bits per heavy atom. The fourth-order valence-electron chi connectivity index (χ4n) is 1.38. The standard InChI is InChI=1S/C12H17Cl2N/c1-8(2)7-15-9(3)10-5-4-6-11(13)12(10)14/h4-6,8-9,15H,7H2,1-3H3. The quantitative estimate of drug-likeness (QED) is 0.835. The SMILES string of the molecule is CC(C)CNC(C)c1cccc(Cl)c1Cl. The van der Waals surface area contributed by atoms with Gasteiger partial charge in [0.05, 0.1) is 10.0 Å². The first-order valence-electron chi connectivity index (χ1n) is 5.19. The second-order valence-electron chi connectivity index (χ2n) is 4.17. The summed E-state index contributed by atoms with van der Waals surface area (Å²) in [4.78, 5) is 0. The fourth-order valence-corrected chi connectivity index (χ4v) is 1.85. The maximum atomic E-state index is 6.13. The summed E-state index contributed by atoms with van der Waals surface area (Å²) in [5, 5.41) is 4.70. The summed E-state index contributed by atoms with van der Waals surface area (Å²) < 4.78 is 0. The van der Waals surface area contributed by atoms with Crippen LogP contribution < -0.4 is 5.32 Å². The Morgan fingerprint density at radius 1 is 1.20 bits per heavy atom. The van der Waals surface area contributed by atoms with Crippen molar-refractivity contribution >= 4 is 23.2 Å². The van der Waals surface area contributed by atoms with Gasteiger partial charge in [0.15, 0.2) is 0 Å². The van der Waals surface area contributed by atoms with Crippen LogP contribution in [0.2, 0.25) is 10.0 Å². The molecule has 1 unspecified atom stereocenters. The van der Waals surface area contributed by atoms with Crippen molar-refractivity contribution in [2.45, 2.75) is 26.8 Å². The lowest BCUT2D eigenvalue weighted by molar-refractivity contribution is 0.496. The minimum atomic E-state index is 0.235. The maximum Gasteiger partial charge on any atom is 0.0639 e. The minimum Gasteiger partial charge on any atom is -0.310 e. The lowest BCUT2D eigenvalue weighted by Gasteiger charge is -2.17. The third kappa shape index (κ3) is 3.67. The van der Waals surface area contributed by atoms with E-state index in [2.05, 4.69) is 26.1 Å². The van der Waals surface area contributed by atoms with E-state index in [0.29, 0.717) is 16.0 Å². The molecule has 0 radical (unpaired) electrons. The van der Waals surface area contributed by atoms with Gasteiger partial charge < -0.3 is 5.32 Å². The number of rotatable bonds is 4. The van der Waals surface area contributed by atoms with Gasteiger partial charge in [0.2, 0.25) is 0 Å². The molecule has 1 nitrogen and oxygen atoms in total. The molecule has 1 aromatic rings. The zero-order chi connectivity index (χ0) is 11.4. The molecule has 0 aromatic heterocycles. The van der Waals surface area contributed by atoms with E-state index in [1.165, 1.54) is 0 Å². The van der Waals surface area contributed by atoms with Crippen LogP contribution in [0.15, 0.2) is 18.2 Å². The van der Waals surface area contributed by atoms with E-state index in [4.69, 9.17) is 23.2 Å². The molecule has 1 N–H and O–H groups in total. The number of benzene rings is 1. The van der Waals surface area contributed by atoms with Crippen LogP contribution >= 0.6 is 23.2 Å². The molecule has 84 valence electrons. The van der Waals surface area contributed by atoms with E-state index in [1.54, 1.807) is 0 Å². The van der Waals surface area contributed by atoms with Crippen LogP contribution in [0.5, 0.6) is 0 Å². The molecule has 0 saturated carbocycles. The van der Waals surface area contributed by atoms with Crippen molar-refractivity contribution in [3.63, 3.8) is 0 Å². The molecule has 0 heterocycles. The van der Waals surface area contributed by atoms with Crippen molar-refractivity contribution in [3.05, 3.63) is 33.8 Å². The Labute approximate surface area is 102 Å². The summed E-state index contributed by atoms with van der Waals surface area (Å²) in [6, 6.07) is 5.98. The highest BCUT2D eigenvalue weighted by molar-refractivity contribution is 6.42. The number of hydrogen-bond acceptors (Lipinski definition) is 1. The predicted molar refractivity (Wildman–Crippen MR) is 67.7 cm³/mol. The molecule has 1 aromatic carbocycles. The van der Waals surface area contributed by atoms with Crippen molar-refractivity contribution in [3.8, 4) is 0 Å². The molecule has 0 amide bonds. The van der Waals surface area contributed by atoms with Crippen LogP contribution in [0, 0.1) is 5.92 Å². The van der Waals surface area contributed by atoms with Crippen LogP contribution in [0.1, 0.15) is 32.4 Å². The van der Waals surface area contributed by atoms with Gasteiger partial charge in [-0.15, -0.1) is 0 Å². The van der Waals surface area contributed by atoms with Crippen LogP contribution in [-0.2, 0) is 0 Å². The number of nitrogens with one attached hydrogen (secondary N) is 1. The number of hydrogen-bond donors (Lipinski definition) is 1. The van der Waals surface area contributed by atoms with E-state index in [1.807, 2.05) is 18.2 Å². The second-order valence-corrected chi connectivity index (χ2v) is 4.95.